The molecule has 2 aromatic carbocycles. The zero-order chi connectivity index (χ0) is 23.1. The van der Waals surface area contributed by atoms with Crippen molar-refractivity contribution in [1.29, 1.82) is 0 Å². The maximum absolute atomic E-state index is 10.3. The normalized spacial score (nSPS) is 17.5. The van der Waals surface area contributed by atoms with Gasteiger partial charge in [-0.1, -0.05) is 64.0 Å². The summed E-state index contributed by atoms with van der Waals surface area (Å²) in [5, 5.41) is 40.0. The van der Waals surface area contributed by atoms with Gasteiger partial charge < -0.3 is 25.2 Å². The van der Waals surface area contributed by atoms with Crippen LogP contribution in [-0.4, -0.2) is 27.0 Å². The molecule has 0 saturated carbocycles. The first-order valence-electron chi connectivity index (χ1n) is 11.8. The second-order valence-electron chi connectivity index (χ2n) is 8.87. The van der Waals surface area contributed by atoms with Gasteiger partial charge in [0.25, 0.3) is 0 Å². The highest BCUT2D eigenvalue weighted by Gasteiger charge is 2.40. The Hall–Kier alpha value is -2.66. The third kappa shape index (κ3) is 5.21. The Labute approximate surface area is 191 Å². The molecule has 0 aromatic heterocycles. The van der Waals surface area contributed by atoms with E-state index in [1.165, 1.54) is 62.6 Å². The lowest BCUT2D eigenvalue weighted by Crippen LogP contribution is -2.40. The van der Waals surface area contributed by atoms with Crippen molar-refractivity contribution < 1.29 is 25.2 Å². The molecule has 0 saturated heterocycles. The van der Waals surface area contributed by atoms with Crippen LogP contribution in [0.25, 0.3) is 6.08 Å². The number of aliphatic hydroxyl groups is 1. The molecule has 4 N–H and O–H groups in total. The lowest BCUT2D eigenvalue weighted by atomic mass is 9.83. The number of ether oxygens (including phenoxy) is 1. The first-order chi connectivity index (χ1) is 15.4. The first-order valence-corrected chi connectivity index (χ1v) is 11.8. The smallest absolute Gasteiger partial charge is 0.200 e. The summed E-state index contributed by atoms with van der Waals surface area (Å²) < 4.78 is 6.32. The van der Waals surface area contributed by atoms with E-state index in [1.54, 1.807) is 0 Å². The van der Waals surface area contributed by atoms with E-state index < -0.39 is 22.8 Å². The average Bonchev–Trinajstić information content (AvgIpc) is 2.78. The summed E-state index contributed by atoms with van der Waals surface area (Å²) in [5.74, 6) is -0.849. The quantitative estimate of drug-likeness (QED) is 0.248. The highest BCUT2D eigenvalue weighted by Crippen LogP contribution is 2.46. The summed E-state index contributed by atoms with van der Waals surface area (Å²) in [6.07, 6.45) is 13.1. The molecular weight excluding hydrogens is 404 g/mol. The number of aromatic hydroxyl groups is 3. The molecule has 0 amide bonds. The molecule has 32 heavy (non-hydrogen) atoms. The lowest BCUT2D eigenvalue weighted by molar-refractivity contribution is 0.0349. The van der Waals surface area contributed by atoms with Gasteiger partial charge in [-0.05, 0) is 55.2 Å². The Morgan fingerprint density at radius 1 is 0.844 bits per heavy atom. The van der Waals surface area contributed by atoms with E-state index in [-0.39, 0.29) is 6.61 Å². The molecule has 1 heterocycles. The number of phenols is 3. The molecule has 0 fully saturated rings. The minimum Gasteiger partial charge on any atom is -0.504 e. The Kier molecular flexibility index (Phi) is 8.08. The van der Waals surface area contributed by atoms with Gasteiger partial charge in [-0.3, -0.25) is 0 Å². The number of unbranched alkanes of at least 4 members (excludes halogenated alkanes) is 7. The SMILES string of the molecule is CCCCCCCCCCc1ccc2c(c1)OC(CO)(c1cc(O)c(O)c(O)c1)C(C)=C2. The molecule has 1 aliphatic rings. The minimum absolute atomic E-state index is 0.374. The van der Waals surface area contributed by atoms with Gasteiger partial charge in [-0.2, -0.15) is 0 Å². The molecule has 1 unspecified atom stereocenters. The number of phenolic OH excluding ortho intramolecular Hbond substituents is 3. The number of rotatable bonds is 11. The van der Waals surface area contributed by atoms with Gasteiger partial charge in [-0.15, -0.1) is 0 Å². The largest absolute Gasteiger partial charge is 0.504 e. The van der Waals surface area contributed by atoms with Crippen molar-refractivity contribution in [2.75, 3.05) is 6.61 Å². The van der Waals surface area contributed by atoms with Gasteiger partial charge in [0.15, 0.2) is 22.8 Å². The van der Waals surface area contributed by atoms with Gasteiger partial charge in [0, 0.05) is 11.1 Å². The molecule has 0 radical (unpaired) electrons. The number of fused-ring (bicyclic) bond motifs is 1. The molecule has 0 aliphatic carbocycles. The van der Waals surface area contributed by atoms with Crippen LogP contribution in [0.1, 0.15) is 81.9 Å². The van der Waals surface area contributed by atoms with Gasteiger partial charge in [0.2, 0.25) is 0 Å². The fraction of sp³-hybridized carbons (Fsp3) is 0.481. The van der Waals surface area contributed by atoms with Crippen molar-refractivity contribution in [3.8, 4) is 23.0 Å². The predicted molar refractivity (Wildman–Crippen MR) is 127 cm³/mol. The summed E-state index contributed by atoms with van der Waals surface area (Å²) in [7, 11) is 0. The standard InChI is InChI=1S/C27H36O5/c1-3-4-5-6-7-8-9-10-11-20-12-13-21-14-19(2)27(18-28,32-25(21)15-20)22-16-23(29)26(31)24(30)17-22/h12-17,28-31H,3-11,18H2,1-2H3. The molecule has 1 aliphatic heterocycles. The van der Waals surface area contributed by atoms with Crippen LogP contribution in [0, 0.1) is 0 Å². The molecule has 0 spiro atoms. The summed E-state index contributed by atoms with van der Waals surface area (Å²) >= 11 is 0. The Morgan fingerprint density at radius 3 is 2.09 bits per heavy atom. The van der Waals surface area contributed by atoms with Gasteiger partial charge in [-0.25, -0.2) is 0 Å². The van der Waals surface area contributed by atoms with E-state index in [1.807, 2.05) is 25.1 Å². The average molecular weight is 441 g/mol. The fourth-order valence-electron chi connectivity index (χ4n) is 4.40. The zero-order valence-corrected chi connectivity index (χ0v) is 19.2. The lowest BCUT2D eigenvalue weighted by Gasteiger charge is -2.38. The van der Waals surface area contributed by atoms with E-state index >= 15 is 0 Å². The highest BCUT2D eigenvalue weighted by atomic mass is 16.5. The first kappa shape index (κ1) is 24.0. The highest BCUT2D eigenvalue weighted by molar-refractivity contribution is 5.67. The Balaban J connectivity index is 1.71. The van der Waals surface area contributed by atoms with E-state index in [0.29, 0.717) is 11.3 Å². The van der Waals surface area contributed by atoms with Gasteiger partial charge >= 0.3 is 0 Å². The van der Waals surface area contributed by atoms with E-state index in [0.717, 1.165) is 24.0 Å². The summed E-state index contributed by atoms with van der Waals surface area (Å²) in [4.78, 5) is 0. The van der Waals surface area contributed by atoms with Crippen LogP contribution in [0.15, 0.2) is 35.9 Å². The minimum atomic E-state index is -1.24. The maximum Gasteiger partial charge on any atom is 0.200 e. The van der Waals surface area contributed by atoms with Crippen molar-refractivity contribution in [2.45, 2.75) is 77.2 Å². The van der Waals surface area contributed by atoms with Crippen LogP contribution in [0.3, 0.4) is 0 Å². The molecule has 0 bridgehead atoms. The van der Waals surface area contributed by atoms with Crippen LogP contribution in [0.5, 0.6) is 23.0 Å². The van der Waals surface area contributed by atoms with Crippen LogP contribution < -0.4 is 4.74 Å². The third-order valence-electron chi connectivity index (χ3n) is 6.45. The third-order valence-corrected chi connectivity index (χ3v) is 6.45. The molecule has 3 rings (SSSR count). The van der Waals surface area contributed by atoms with Gasteiger partial charge in [0.1, 0.15) is 5.75 Å². The van der Waals surface area contributed by atoms with Crippen molar-refractivity contribution in [3.63, 3.8) is 0 Å². The number of hydrogen-bond donors (Lipinski definition) is 4. The second-order valence-corrected chi connectivity index (χ2v) is 8.87. The monoisotopic (exact) mass is 440 g/mol. The van der Waals surface area contributed by atoms with Crippen LogP contribution in [0.4, 0.5) is 0 Å². The van der Waals surface area contributed by atoms with E-state index in [4.69, 9.17) is 4.74 Å². The summed E-state index contributed by atoms with van der Waals surface area (Å²) in [5.41, 5.74) is 1.99. The van der Waals surface area contributed by atoms with Crippen molar-refractivity contribution in [3.05, 3.63) is 52.6 Å². The molecule has 174 valence electrons. The number of hydrogen-bond acceptors (Lipinski definition) is 5. The topological polar surface area (TPSA) is 90.2 Å². The predicted octanol–water partition coefficient (Wildman–Crippen LogP) is 6.17. The summed E-state index contributed by atoms with van der Waals surface area (Å²) in [6, 6.07) is 8.81. The van der Waals surface area contributed by atoms with Crippen LogP contribution in [0.2, 0.25) is 0 Å². The molecule has 2 aromatic rings. The van der Waals surface area contributed by atoms with E-state index in [9.17, 15) is 20.4 Å². The second kappa shape index (κ2) is 10.8. The number of aryl methyl sites for hydroxylation is 1. The maximum atomic E-state index is 10.3. The number of benzene rings is 2. The Morgan fingerprint density at radius 2 is 1.47 bits per heavy atom. The van der Waals surface area contributed by atoms with Gasteiger partial charge in [0.05, 0.1) is 6.61 Å². The number of aliphatic hydroxyl groups excluding tert-OH is 1. The zero-order valence-electron chi connectivity index (χ0n) is 19.2. The molecule has 5 heteroatoms. The Bertz CT molecular complexity index is 926. The molecule has 5 nitrogen and oxygen atoms in total. The molecular formula is C27H36O5. The van der Waals surface area contributed by atoms with Crippen molar-refractivity contribution in [2.24, 2.45) is 0 Å². The van der Waals surface area contributed by atoms with E-state index in [2.05, 4.69) is 13.0 Å². The molecule has 1 atom stereocenters. The fourth-order valence-corrected chi connectivity index (χ4v) is 4.40. The van der Waals surface area contributed by atoms with Crippen molar-refractivity contribution in [1.82, 2.24) is 0 Å². The van der Waals surface area contributed by atoms with Crippen LogP contribution >= 0.6 is 0 Å². The van der Waals surface area contributed by atoms with Crippen molar-refractivity contribution >= 4 is 6.08 Å². The van der Waals surface area contributed by atoms with Crippen LogP contribution in [-0.2, 0) is 12.0 Å². The summed E-state index contributed by atoms with van der Waals surface area (Å²) in [6.45, 7) is 3.71.